The summed E-state index contributed by atoms with van der Waals surface area (Å²) in [6, 6.07) is -0.425. The lowest BCUT2D eigenvalue weighted by molar-refractivity contribution is -0.122. The van der Waals surface area contributed by atoms with Gasteiger partial charge in [-0.15, -0.1) is 0 Å². The van der Waals surface area contributed by atoms with E-state index in [4.69, 9.17) is 10.3 Å². The highest BCUT2D eigenvalue weighted by molar-refractivity contribution is 5.81. The molecule has 1 rings (SSSR count). The Morgan fingerprint density at radius 3 is 2.75 bits per heavy atom. The second kappa shape index (κ2) is 5.65. The molecule has 0 aliphatic carbocycles. The molecule has 0 fully saturated rings. The van der Waals surface area contributed by atoms with E-state index in [1.807, 2.05) is 20.8 Å². The smallest absolute Gasteiger partial charge is 0.237 e. The maximum absolute atomic E-state index is 11.6. The molecule has 0 aliphatic heterocycles. The number of aromatic nitrogens is 1. The number of hydrogen-bond donors (Lipinski definition) is 2. The van der Waals surface area contributed by atoms with Gasteiger partial charge in [0.2, 0.25) is 5.91 Å². The number of carbonyl (C=O) groups excluding carboxylic acids is 1. The molecule has 0 radical (unpaired) electrons. The fourth-order valence-electron chi connectivity index (χ4n) is 1.50. The van der Waals surface area contributed by atoms with E-state index in [9.17, 15) is 4.79 Å². The van der Waals surface area contributed by atoms with Gasteiger partial charge in [-0.05, 0) is 20.3 Å². The second-order valence-corrected chi connectivity index (χ2v) is 3.92. The molecule has 0 bridgehead atoms. The third-order valence-corrected chi connectivity index (χ3v) is 2.56. The summed E-state index contributed by atoms with van der Waals surface area (Å²) >= 11 is 0. The molecule has 3 N–H and O–H groups in total. The second-order valence-electron chi connectivity index (χ2n) is 3.92. The first-order chi connectivity index (χ1) is 7.56. The highest BCUT2D eigenvalue weighted by Crippen LogP contribution is 2.11. The highest BCUT2D eigenvalue weighted by atomic mass is 16.5. The van der Waals surface area contributed by atoms with Crippen molar-refractivity contribution in [3.63, 3.8) is 0 Å². The van der Waals surface area contributed by atoms with Crippen LogP contribution in [0.4, 0.5) is 0 Å². The van der Waals surface area contributed by atoms with Gasteiger partial charge < -0.3 is 15.6 Å². The topological polar surface area (TPSA) is 81.2 Å². The average molecular weight is 225 g/mol. The van der Waals surface area contributed by atoms with Crippen LogP contribution >= 0.6 is 0 Å². The van der Waals surface area contributed by atoms with Gasteiger partial charge in [0, 0.05) is 12.1 Å². The van der Waals surface area contributed by atoms with Crippen molar-refractivity contribution in [2.24, 2.45) is 5.73 Å². The summed E-state index contributed by atoms with van der Waals surface area (Å²) in [5.74, 6) is 0.615. The lowest BCUT2D eigenvalue weighted by Gasteiger charge is -2.10. The fraction of sp³-hybridized carbons (Fsp3) is 0.636. The predicted molar refractivity (Wildman–Crippen MR) is 60.7 cm³/mol. The van der Waals surface area contributed by atoms with E-state index in [0.717, 1.165) is 23.4 Å². The van der Waals surface area contributed by atoms with Gasteiger partial charge in [-0.1, -0.05) is 18.5 Å². The largest absolute Gasteiger partial charge is 0.361 e. The van der Waals surface area contributed by atoms with Crippen LogP contribution in [0.2, 0.25) is 0 Å². The van der Waals surface area contributed by atoms with E-state index in [1.165, 1.54) is 0 Å². The van der Waals surface area contributed by atoms with Crippen LogP contribution < -0.4 is 11.1 Å². The van der Waals surface area contributed by atoms with Crippen LogP contribution in [0.3, 0.4) is 0 Å². The normalized spacial score (nSPS) is 12.5. The third kappa shape index (κ3) is 3.06. The molecule has 1 heterocycles. The van der Waals surface area contributed by atoms with Gasteiger partial charge in [0.1, 0.15) is 5.76 Å². The first-order valence-corrected chi connectivity index (χ1v) is 5.51. The Hall–Kier alpha value is -1.36. The minimum absolute atomic E-state index is 0.123. The van der Waals surface area contributed by atoms with Crippen molar-refractivity contribution < 1.29 is 9.32 Å². The van der Waals surface area contributed by atoms with Gasteiger partial charge in [-0.3, -0.25) is 4.79 Å². The molecule has 5 nitrogen and oxygen atoms in total. The maximum Gasteiger partial charge on any atom is 0.237 e. The molecule has 0 unspecified atom stereocenters. The summed E-state index contributed by atoms with van der Waals surface area (Å²) < 4.78 is 5.00. The summed E-state index contributed by atoms with van der Waals surface area (Å²) in [5, 5.41) is 6.61. The number of nitrogens with zero attached hydrogens (tertiary/aromatic N) is 1. The number of rotatable bonds is 5. The summed E-state index contributed by atoms with van der Waals surface area (Å²) in [4.78, 5) is 11.6. The van der Waals surface area contributed by atoms with Crippen LogP contribution in [0, 0.1) is 13.8 Å². The number of carbonyl (C=O) groups is 1. The Morgan fingerprint density at radius 2 is 2.25 bits per heavy atom. The summed E-state index contributed by atoms with van der Waals surface area (Å²) in [6.45, 7) is 6.11. The molecule has 0 saturated carbocycles. The van der Waals surface area contributed by atoms with Gasteiger partial charge in [-0.2, -0.15) is 0 Å². The van der Waals surface area contributed by atoms with E-state index < -0.39 is 6.04 Å². The van der Waals surface area contributed by atoms with Crippen molar-refractivity contribution in [1.82, 2.24) is 10.5 Å². The molecular formula is C11H19N3O2. The predicted octanol–water partition coefficient (Wildman–Crippen LogP) is 1.04. The molecule has 1 atom stereocenters. The Kier molecular flexibility index (Phi) is 4.49. The van der Waals surface area contributed by atoms with Crippen LogP contribution in [-0.2, 0) is 11.3 Å². The zero-order valence-electron chi connectivity index (χ0n) is 10.0. The van der Waals surface area contributed by atoms with Crippen molar-refractivity contribution in [2.45, 2.75) is 46.2 Å². The van der Waals surface area contributed by atoms with Gasteiger partial charge >= 0.3 is 0 Å². The molecule has 0 aliphatic rings. The first-order valence-electron chi connectivity index (χ1n) is 5.51. The van der Waals surface area contributed by atoms with E-state index in [0.29, 0.717) is 13.0 Å². The van der Waals surface area contributed by atoms with Crippen LogP contribution in [0.15, 0.2) is 4.52 Å². The Labute approximate surface area is 95.4 Å². The SMILES string of the molecule is CCC[C@@H](N)C(=O)NCc1c(C)noc1C. The number of nitrogens with one attached hydrogen (secondary N) is 1. The van der Waals surface area contributed by atoms with E-state index >= 15 is 0 Å². The standard InChI is InChI=1S/C11H19N3O2/c1-4-5-10(12)11(15)13-6-9-7(2)14-16-8(9)3/h10H,4-6,12H2,1-3H3,(H,13,15)/t10-/m1/s1. The molecule has 5 heteroatoms. The number of hydrogen-bond acceptors (Lipinski definition) is 4. The van der Waals surface area contributed by atoms with Crippen molar-refractivity contribution in [3.05, 3.63) is 17.0 Å². The lowest BCUT2D eigenvalue weighted by Crippen LogP contribution is -2.40. The van der Waals surface area contributed by atoms with Crippen LogP contribution in [0.5, 0.6) is 0 Å². The fourth-order valence-corrected chi connectivity index (χ4v) is 1.50. The van der Waals surface area contributed by atoms with E-state index in [-0.39, 0.29) is 5.91 Å². The van der Waals surface area contributed by atoms with Gasteiger partial charge in [0.25, 0.3) is 0 Å². The summed E-state index contributed by atoms with van der Waals surface area (Å²) in [6.07, 6.45) is 1.60. The molecule has 1 aromatic rings. The molecule has 16 heavy (non-hydrogen) atoms. The number of nitrogens with two attached hydrogens (primary N) is 1. The Morgan fingerprint density at radius 1 is 1.56 bits per heavy atom. The van der Waals surface area contributed by atoms with E-state index in [2.05, 4.69) is 10.5 Å². The number of amides is 1. The van der Waals surface area contributed by atoms with Crippen LogP contribution in [0.1, 0.15) is 36.8 Å². The zero-order valence-corrected chi connectivity index (χ0v) is 10.0. The molecular weight excluding hydrogens is 206 g/mol. The van der Waals surface area contributed by atoms with Crippen LogP contribution in [0.25, 0.3) is 0 Å². The minimum atomic E-state index is -0.425. The van der Waals surface area contributed by atoms with Crippen molar-refractivity contribution in [2.75, 3.05) is 0 Å². The molecule has 1 amide bonds. The molecule has 0 saturated heterocycles. The quantitative estimate of drug-likeness (QED) is 0.784. The summed E-state index contributed by atoms with van der Waals surface area (Å²) in [5.41, 5.74) is 7.43. The highest BCUT2D eigenvalue weighted by Gasteiger charge is 2.14. The van der Waals surface area contributed by atoms with Crippen molar-refractivity contribution in [1.29, 1.82) is 0 Å². The Balaban J connectivity index is 2.49. The molecule has 1 aromatic heterocycles. The lowest BCUT2D eigenvalue weighted by atomic mass is 10.1. The van der Waals surface area contributed by atoms with Crippen molar-refractivity contribution in [3.8, 4) is 0 Å². The number of aryl methyl sites for hydroxylation is 2. The van der Waals surface area contributed by atoms with Gasteiger partial charge in [-0.25, -0.2) is 0 Å². The van der Waals surface area contributed by atoms with Gasteiger partial charge in [0.05, 0.1) is 11.7 Å². The van der Waals surface area contributed by atoms with Gasteiger partial charge in [0.15, 0.2) is 0 Å². The first kappa shape index (κ1) is 12.7. The molecule has 0 aromatic carbocycles. The molecule has 90 valence electrons. The van der Waals surface area contributed by atoms with E-state index in [1.54, 1.807) is 0 Å². The van der Waals surface area contributed by atoms with Crippen molar-refractivity contribution >= 4 is 5.91 Å². The monoisotopic (exact) mass is 225 g/mol. The minimum Gasteiger partial charge on any atom is -0.361 e. The average Bonchev–Trinajstić information content (AvgIpc) is 2.56. The zero-order chi connectivity index (χ0) is 12.1. The summed E-state index contributed by atoms with van der Waals surface area (Å²) in [7, 11) is 0. The third-order valence-electron chi connectivity index (χ3n) is 2.56. The maximum atomic E-state index is 11.6. The Bertz CT molecular complexity index is 341. The molecule has 0 spiro atoms. The van der Waals surface area contributed by atoms with Crippen LogP contribution in [-0.4, -0.2) is 17.1 Å².